The quantitative estimate of drug-likeness (QED) is 0.648. The highest BCUT2D eigenvalue weighted by Crippen LogP contribution is 1.93. The molecular weight excluding hydrogens is 293 g/mol. The van der Waals surface area contributed by atoms with Crippen LogP contribution >= 0.6 is 22.6 Å². The second kappa shape index (κ2) is 6.13. The lowest BCUT2D eigenvalue weighted by Crippen LogP contribution is -2.24. The zero-order chi connectivity index (χ0) is 10.4. The van der Waals surface area contributed by atoms with Gasteiger partial charge in [0.15, 0.2) is 0 Å². The van der Waals surface area contributed by atoms with Gasteiger partial charge in [-0.3, -0.25) is 9.36 Å². The Balaban J connectivity index is 2.51. The predicted molar refractivity (Wildman–Crippen MR) is 64.4 cm³/mol. The molecule has 4 nitrogen and oxygen atoms in total. The molecule has 0 radical (unpaired) electrons. The van der Waals surface area contributed by atoms with Gasteiger partial charge in [-0.05, 0) is 42.1 Å². The topological polar surface area (TPSA) is 46.9 Å². The zero-order valence-electron chi connectivity index (χ0n) is 8.16. The van der Waals surface area contributed by atoms with Crippen LogP contribution in [0.5, 0.6) is 0 Å². The van der Waals surface area contributed by atoms with Gasteiger partial charge < -0.3 is 5.32 Å². The van der Waals surface area contributed by atoms with E-state index in [1.807, 2.05) is 22.6 Å². The van der Waals surface area contributed by atoms with Gasteiger partial charge in [0, 0.05) is 12.7 Å². The van der Waals surface area contributed by atoms with Crippen molar-refractivity contribution in [3.05, 3.63) is 26.4 Å². The Morgan fingerprint density at radius 3 is 3.14 bits per heavy atom. The molecule has 0 atom stereocenters. The number of aromatic nitrogens is 2. The van der Waals surface area contributed by atoms with E-state index in [0.717, 1.165) is 26.1 Å². The molecule has 0 aliphatic rings. The highest BCUT2D eigenvalue weighted by Gasteiger charge is 1.99. The van der Waals surface area contributed by atoms with E-state index in [9.17, 15) is 4.79 Å². The first-order chi connectivity index (χ1) is 6.75. The monoisotopic (exact) mass is 307 g/mol. The Morgan fingerprint density at radius 2 is 2.43 bits per heavy atom. The Hall–Kier alpha value is -0.430. The van der Waals surface area contributed by atoms with Crippen LogP contribution in [0, 0.1) is 3.57 Å². The average Bonchev–Trinajstić information content (AvgIpc) is 2.19. The van der Waals surface area contributed by atoms with E-state index in [-0.39, 0.29) is 5.56 Å². The molecule has 0 spiro atoms. The third kappa shape index (κ3) is 3.38. The molecule has 0 fully saturated rings. The minimum atomic E-state index is 0.0529. The van der Waals surface area contributed by atoms with Crippen LogP contribution in [0.4, 0.5) is 0 Å². The molecular formula is C9H14IN3O. The number of hydrogen-bond acceptors (Lipinski definition) is 3. The fraction of sp³-hybridized carbons (Fsp3) is 0.556. The zero-order valence-corrected chi connectivity index (χ0v) is 10.3. The molecule has 0 amide bonds. The molecule has 0 bridgehead atoms. The van der Waals surface area contributed by atoms with Gasteiger partial charge in [0.1, 0.15) is 0 Å². The fourth-order valence-corrected chi connectivity index (χ4v) is 1.61. The maximum atomic E-state index is 11.5. The number of rotatable bonds is 5. The summed E-state index contributed by atoms with van der Waals surface area (Å²) in [6, 6.07) is 0. The second-order valence-electron chi connectivity index (χ2n) is 2.95. The Morgan fingerprint density at radius 1 is 1.64 bits per heavy atom. The number of nitrogens with one attached hydrogen (secondary N) is 1. The van der Waals surface area contributed by atoms with Crippen LogP contribution in [0.15, 0.2) is 17.3 Å². The molecule has 0 saturated carbocycles. The van der Waals surface area contributed by atoms with Crippen LogP contribution in [-0.2, 0) is 6.54 Å². The summed E-state index contributed by atoms with van der Waals surface area (Å²) < 4.78 is 2.33. The first-order valence-electron chi connectivity index (χ1n) is 4.66. The van der Waals surface area contributed by atoms with E-state index in [4.69, 9.17) is 0 Å². The Bertz CT molecular complexity index is 337. The lowest BCUT2D eigenvalue weighted by molar-refractivity contribution is 0.572. The van der Waals surface area contributed by atoms with Gasteiger partial charge in [0.25, 0.3) is 5.56 Å². The van der Waals surface area contributed by atoms with Gasteiger partial charge in [-0.2, -0.15) is 0 Å². The molecule has 5 heteroatoms. The molecule has 0 aromatic carbocycles. The van der Waals surface area contributed by atoms with Crippen molar-refractivity contribution in [2.45, 2.75) is 19.9 Å². The molecule has 0 saturated heterocycles. The van der Waals surface area contributed by atoms with E-state index >= 15 is 0 Å². The van der Waals surface area contributed by atoms with Crippen LogP contribution in [0.3, 0.4) is 0 Å². The summed E-state index contributed by atoms with van der Waals surface area (Å²) in [5, 5.41) is 3.21. The summed E-state index contributed by atoms with van der Waals surface area (Å²) in [5.74, 6) is 0. The SMILES string of the molecule is CCNCCCn1cncc(I)c1=O. The molecule has 1 aromatic rings. The molecule has 1 N–H and O–H groups in total. The van der Waals surface area contributed by atoms with Gasteiger partial charge in [-0.1, -0.05) is 6.92 Å². The standard InChI is InChI=1S/C9H14IN3O/c1-2-11-4-3-5-13-7-12-6-8(10)9(13)14/h6-7,11H,2-5H2,1H3. The second-order valence-corrected chi connectivity index (χ2v) is 4.11. The van der Waals surface area contributed by atoms with E-state index in [1.165, 1.54) is 0 Å². The molecule has 14 heavy (non-hydrogen) atoms. The van der Waals surface area contributed by atoms with Gasteiger partial charge in [-0.25, -0.2) is 4.98 Å². The van der Waals surface area contributed by atoms with Crippen molar-refractivity contribution in [3.63, 3.8) is 0 Å². The summed E-state index contributed by atoms with van der Waals surface area (Å²) in [6.07, 6.45) is 4.13. The maximum Gasteiger partial charge on any atom is 0.266 e. The molecule has 0 unspecified atom stereocenters. The van der Waals surface area contributed by atoms with Gasteiger partial charge in [0.2, 0.25) is 0 Å². The van der Waals surface area contributed by atoms with Crippen LogP contribution in [0.25, 0.3) is 0 Å². The van der Waals surface area contributed by atoms with Gasteiger partial charge >= 0.3 is 0 Å². The first kappa shape index (κ1) is 11.6. The van der Waals surface area contributed by atoms with E-state index < -0.39 is 0 Å². The summed E-state index contributed by atoms with van der Waals surface area (Å²) in [7, 11) is 0. The summed E-state index contributed by atoms with van der Waals surface area (Å²) in [5.41, 5.74) is 0.0529. The maximum absolute atomic E-state index is 11.5. The Labute approximate surface area is 96.9 Å². The number of nitrogens with zero attached hydrogens (tertiary/aromatic N) is 2. The molecule has 0 aliphatic carbocycles. The van der Waals surface area contributed by atoms with E-state index in [1.54, 1.807) is 17.1 Å². The van der Waals surface area contributed by atoms with Crippen LogP contribution in [0.1, 0.15) is 13.3 Å². The highest BCUT2D eigenvalue weighted by atomic mass is 127. The van der Waals surface area contributed by atoms with Crippen molar-refractivity contribution in [1.29, 1.82) is 0 Å². The van der Waals surface area contributed by atoms with Crippen molar-refractivity contribution in [1.82, 2.24) is 14.9 Å². The lowest BCUT2D eigenvalue weighted by atomic mass is 10.4. The smallest absolute Gasteiger partial charge is 0.266 e. The van der Waals surface area contributed by atoms with Crippen LogP contribution in [-0.4, -0.2) is 22.6 Å². The van der Waals surface area contributed by atoms with E-state index in [2.05, 4.69) is 17.2 Å². The van der Waals surface area contributed by atoms with Crippen molar-refractivity contribution in [3.8, 4) is 0 Å². The normalized spacial score (nSPS) is 10.4. The molecule has 1 heterocycles. The average molecular weight is 307 g/mol. The van der Waals surface area contributed by atoms with Crippen molar-refractivity contribution >= 4 is 22.6 Å². The van der Waals surface area contributed by atoms with Gasteiger partial charge in [-0.15, -0.1) is 0 Å². The lowest BCUT2D eigenvalue weighted by Gasteiger charge is -2.05. The molecule has 78 valence electrons. The summed E-state index contributed by atoms with van der Waals surface area (Å²) in [6.45, 7) is 4.71. The fourth-order valence-electron chi connectivity index (χ4n) is 1.13. The predicted octanol–water partition coefficient (Wildman–Crippen LogP) is 0.847. The molecule has 1 rings (SSSR count). The third-order valence-corrected chi connectivity index (χ3v) is 2.60. The van der Waals surface area contributed by atoms with Crippen LogP contribution < -0.4 is 10.9 Å². The summed E-state index contributed by atoms with van der Waals surface area (Å²) >= 11 is 2.01. The van der Waals surface area contributed by atoms with Crippen LogP contribution in [0.2, 0.25) is 0 Å². The minimum absolute atomic E-state index is 0.0529. The minimum Gasteiger partial charge on any atom is -0.317 e. The molecule has 0 aliphatic heterocycles. The van der Waals surface area contributed by atoms with Crippen molar-refractivity contribution < 1.29 is 0 Å². The van der Waals surface area contributed by atoms with E-state index in [0.29, 0.717) is 3.57 Å². The number of aryl methyl sites for hydroxylation is 1. The number of hydrogen-bond donors (Lipinski definition) is 1. The highest BCUT2D eigenvalue weighted by molar-refractivity contribution is 14.1. The molecule has 1 aromatic heterocycles. The van der Waals surface area contributed by atoms with Gasteiger partial charge in [0.05, 0.1) is 9.90 Å². The Kier molecular flexibility index (Phi) is 5.10. The number of halogens is 1. The summed E-state index contributed by atoms with van der Waals surface area (Å²) in [4.78, 5) is 15.5. The first-order valence-corrected chi connectivity index (χ1v) is 5.74. The van der Waals surface area contributed by atoms with Crippen molar-refractivity contribution in [2.24, 2.45) is 0 Å². The van der Waals surface area contributed by atoms with Crippen molar-refractivity contribution in [2.75, 3.05) is 13.1 Å². The largest absolute Gasteiger partial charge is 0.317 e. The third-order valence-electron chi connectivity index (χ3n) is 1.86.